The van der Waals surface area contributed by atoms with Gasteiger partial charge in [-0.15, -0.1) is 0 Å². The van der Waals surface area contributed by atoms with Crippen LogP contribution in [0, 0.1) is 29.6 Å². The van der Waals surface area contributed by atoms with E-state index in [2.05, 4.69) is 27.9 Å². The maximum absolute atomic E-state index is 13.5. The molecular weight excluding hydrogens is 582 g/mol. The molecule has 0 aliphatic carbocycles. The minimum Gasteiger partial charge on any atom is -0.497 e. The molecule has 3 amide bonds. The summed E-state index contributed by atoms with van der Waals surface area (Å²) < 4.78 is 5.12. The molecule has 0 saturated heterocycles. The van der Waals surface area contributed by atoms with Crippen molar-refractivity contribution in [2.45, 2.75) is 26.2 Å². The standard InChI is InChI=1S/C35H33N7O4/c1-25-22-29(41(20-6-18-36)21-7-19-37)14-11-27(25)23-31-35(45)42(32(39-31)17-10-26-8-4-3-5-9-26)40-34(44)24-33(43)38-28-12-15-30(46-2)16-13-28/h3-5,8-17,22-23H,6-7,20-21,24H2,1-2H3,(H,38,43)(H,40,44)/b17-10+,31-23-. The number of hydrogen-bond acceptors (Lipinski definition) is 8. The van der Waals surface area contributed by atoms with E-state index in [1.54, 1.807) is 42.5 Å². The Bertz CT molecular complexity index is 1730. The van der Waals surface area contributed by atoms with Crippen LogP contribution in [0.5, 0.6) is 5.75 Å². The Morgan fingerprint density at radius 3 is 2.28 bits per heavy atom. The van der Waals surface area contributed by atoms with Crippen molar-refractivity contribution >= 4 is 47.1 Å². The van der Waals surface area contributed by atoms with E-state index in [0.717, 1.165) is 27.4 Å². The normalized spacial score (nSPS) is 13.2. The average Bonchev–Trinajstić information content (AvgIpc) is 3.34. The molecule has 0 bridgehead atoms. The summed E-state index contributed by atoms with van der Waals surface area (Å²) in [6.45, 7) is 2.87. The number of nitriles is 2. The molecule has 11 heteroatoms. The van der Waals surface area contributed by atoms with Gasteiger partial charge in [0.25, 0.3) is 5.91 Å². The smallest absolute Gasteiger partial charge is 0.297 e. The highest BCUT2D eigenvalue weighted by molar-refractivity contribution is 6.19. The molecule has 0 fully saturated rings. The van der Waals surface area contributed by atoms with Crippen LogP contribution in [0.1, 0.15) is 36.0 Å². The van der Waals surface area contributed by atoms with E-state index in [4.69, 9.17) is 15.3 Å². The van der Waals surface area contributed by atoms with E-state index in [9.17, 15) is 14.4 Å². The highest BCUT2D eigenvalue weighted by Crippen LogP contribution is 2.25. The van der Waals surface area contributed by atoms with Crippen LogP contribution in [0.3, 0.4) is 0 Å². The Morgan fingerprint density at radius 2 is 1.65 bits per heavy atom. The lowest BCUT2D eigenvalue weighted by Gasteiger charge is -2.23. The lowest BCUT2D eigenvalue weighted by atomic mass is 10.1. The highest BCUT2D eigenvalue weighted by atomic mass is 16.5. The number of nitrogens with one attached hydrogen (secondary N) is 2. The van der Waals surface area contributed by atoms with Crippen LogP contribution in [0.2, 0.25) is 0 Å². The summed E-state index contributed by atoms with van der Waals surface area (Å²) in [7, 11) is 1.54. The topological polar surface area (TPSA) is 151 Å². The lowest BCUT2D eigenvalue weighted by molar-refractivity contribution is -0.135. The molecule has 0 aromatic heterocycles. The van der Waals surface area contributed by atoms with Gasteiger partial charge in [0.15, 0.2) is 5.84 Å². The number of aliphatic imine (C=N–C) groups is 1. The molecule has 3 aromatic carbocycles. The number of rotatable bonds is 13. The number of carbonyl (C=O) groups is 3. The van der Waals surface area contributed by atoms with E-state index < -0.39 is 24.1 Å². The van der Waals surface area contributed by atoms with E-state index in [0.29, 0.717) is 37.4 Å². The number of hydrazine groups is 1. The zero-order valence-electron chi connectivity index (χ0n) is 25.6. The summed E-state index contributed by atoms with van der Waals surface area (Å²) in [5.74, 6) is -1.02. The van der Waals surface area contributed by atoms with Crippen LogP contribution in [0.15, 0.2) is 89.6 Å². The predicted molar refractivity (Wildman–Crippen MR) is 176 cm³/mol. The van der Waals surface area contributed by atoms with E-state index >= 15 is 0 Å². The van der Waals surface area contributed by atoms with Gasteiger partial charge in [-0.3, -0.25) is 19.8 Å². The SMILES string of the molecule is COc1ccc(NC(=O)CC(=O)NN2C(=O)/C(=C/c3ccc(N(CCC#N)CCC#N)cc3C)N=C2/C=C/c2ccccc2)cc1. The molecule has 0 saturated carbocycles. The summed E-state index contributed by atoms with van der Waals surface area (Å²) in [5.41, 5.74) is 6.42. The Hall–Kier alpha value is -6.20. The van der Waals surface area contributed by atoms with Gasteiger partial charge >= 0.3 is 0 Å². The summed E-state index contributed by atoms with van der Waals surface area (Å²) >= 11 is 0. The average molecular weight is 616 g/mol. The predicted octanol–water partition coefficient (Wildman–Crippen LogP) is 4.99. The van der Waals surface area contributed by atoms with Gasteiger partial charge in [0.1, 0.15) is 17.9 Å². The van der Waals surface area contributed by atoms with Crippen LogP contribution < -0.4 is 20.4 Å². The number of anilines is 2. The van der Waals surface area contributed by atoms with Crippen molar-refractivity contribution in [1.29, 1.82) is 10.5 Å². The summed E-state index contributed by atoms with van der Waals surface area (Å²) in [5, 5.41) is 21.8. The number of amides is 3. The number of methoxy groups -OCH3 is 1. The van der Waals surface area contributed by atoms with E-state index in [1.807, 2.05) is 60.4 Å². The summed E-state index contributed by atoms with van der Waals surface area (Å²) in [6, 6.07) is 26.0. The van der Waals surface area contributed by atoms with Crippen LogP contribution >= 0.6 is 0 Å². The molecule has 1 aliphatic heterocycles. The van der Waals surface area contributed by atoms with Gasteiger partial charge in [-0.05, 0) is 72.2 Å². The van der Waals surface area contributed by atoms with Crippen molar-refractivity contribution in [3.05, 3.63) is 101 Å². The molecule has 2 N–H and O–H groups in total. The van der Waals surface area contributed by atoms with Gasteiger partial charge in [0.05, 0.1) is 32.1 Å². The third-order valence-corrected chi connectivity index (χ3v) is 6.94. The quantitative estimate of drug-likeness (QED) is 0.203. The zero-order chi connectivity index (χ0) is 32.9. The maximum atomic E-state index is 13.5. The third kappa shape index (κ3) is 8.91. The van der Waals surface area contributed by atoms with Gasteiger partial charge in [0.2, 0.25) is 11.8 Å². The van der Waals surface area contributed by atoms with Crippen LogP contribution in [0.25, 0.3) is 12.2 Å². The molecule has 1 heterocycles. The molecule has 0 atom stereocenters. The molecular formula is C35H33N7O4. The Labute approximate surface area is 267 Å². The fourth-order valence-corrected chi connectivity index (χ4v) is 4.58. The maximum Gasteiger partial charge on any atom is 0.297 e. The summed E-state index contributed by atoms with van der Waals surface area (Å²) in [4.78, 5) is 45.5. The number of nitrogens with zero attached hydrogens (tertiary/aromatic N) is 5. The van der Waals surface area contributed by atoms with E-state index in [-0.39, 0.29) is 11.5 Å². The zero-order valence-corrected chi connectivity index (χ0v) is 25.6. The first-order valence-corrected chi connectivity index (χ1v) is 14.5. The minimum absolute atomic E-state index is 0.0948. The molecule has 232 valence electrons. The molecule has 11 nitrogen and oxygen atoms in total. The number of amidine groups is 1. The first-order chi connectivity index (χ1) is 22.3. The van der Waals surface area contributed by atoms with Crippen molar-refractivity contribution in [2.75, 3.05) is 30.4 Å². The second kappa shape index (κ2) is 16.0. The third-order valence-electron chi connectivity index (χ3n) is 6.94. The molecule has 3 aromatic rings. The van der Waals surface area contributed by atoms with Crippen LogP contribution in [-0.2, 0) is 14.4 Å². The lowest BCUT2D eigenvalue weighted by Crippen LogP contribution is -2.47. The fraction of sp³-hybridized carbons (Fsp3) is 0.200. The number of aryl methyl sites for hydroxylation is 1. The second-order valence-electron chi connectivity index (χ2n) is 10.2. The van der Waals surface area contributed by atoms with E-state index in [1.165, 1.54) is 7.11 Å². The Kier molecular flexibility index (Phi) is 11.4. The van der Waals surface area contributed by atoms with Crippen LogP contribution in [0.4, 0.5) is 11.4 Å². The van der Waals surface area contributed by atoms with Crippen LogP contribution in [-0.4, -0.2) is 48.8 Å². The number of benzene rings is 3. The fourth-order valence-electron chi connectivity index (χ4n) is 4.58. The second-order valence-corrected chi connectivity index (χ2v) is 10.2. The highest BCUT2D eigenvalue weighted by Gasteiger charge is 2.31. The van der Waals surface area contributed by atoms with Crippen molar-refractivity contribution in [2.24, 2.45) is 4.99 Å². The number of ether oxygens (including phenoxy) is 1. The van der Waals surface area contributed by atoms with Gasteiger partial charge in [-0.1, -0.05) is 42.5 Å². The first-order valence-electron chi connectivity index (χ1n) is 14.5. The first kappa shape index (κ1) is 32.7. The van der Waals surface area contributed by atoms with Gasteiger partial charge in [-0.2, -0.15) is 15.5 Å². The molecule has 1 aliphatic rings. The van der Waals surface area contributed by atoms with Crippen molar-refractivity contribution < 1.29 is 19.1 Å². The van der Waals surface area contributed by atoms with Crippen molar-refractivity contribution in [3.63, 3.8) is 0 Å². The molecule has 0 spiro atoms. The molecule has 0 radical (unpaired) electrons. The van der Waals surface area contributed by atoms with Gasteiger partial charge < -0.3 is 15.0 Å². The number of hydrogen-bond donors (Lipinski definition) is 2. The summed E-state index contributed by atoms with van der Waals surface area (Å²) in [6.07, 6.45) is 5.13. The van der Waals surface area contributed by atoms with Crippen molar-refractivity contribution in [3.8, 4) is 17.9 Å². The molecule has 46 heavy (non-hydrogen) atoms. The Morgan fingerprint density at radius 1 is 0.957 bits per heavy atom. The van der Waals surface area contributed by atoms with Gasteiger partial charge in [-0.25, -0.2) is 4.99 Å². The van der Waals surface area contributed by atoms with Crippen molar-refractivity contribution in [1.82, 2.24) is 10.4 Å². The Balaban J connectivity index is 1.54. The largest absolute Gasteiger partial charge is 0.497 e. The minimum atomic E-state index is -0.697. The molecule has 4 rings (SSSR count). The molecule has 0 unspecified atom stereocenters. The van der Waals surface area contributed by atoms with Gasteiger partial charge in [0, 0.05) is 24.5 Å². The number of carbonyl (C=O) groups excluding carboxylic acids is 3. The monoisotopic (exact) mass is 615 g/mol.